The van der Waals surface area contributed by atoms with E-state index in [4.69, 9.17) is 4.74 Å². The molecule has 0 saturated carbocycles. The van der Waals surface area contributed by atoms with Crippen molar-refractivity contribution in [2.24, 2.45) is 0 Å². The molecule has 106 valence electrons. The highest BCUT2D eigenvalue weighted by molar-refractivity contribution is 7.98. The van der Waals surface area contributed by atoms with Crippen LogP contribution in [0.1, 0.15) is 18.2 Å². The quantitative estimate of drug-likeness (QED) is 0.818. The number of hydrogen-bond donors (Lipinski definition) is 1. The van der Waals surface area contributed by atoms with Crippen LogP contribution in [0.3, 0.4) is 0 Å². The van der Waals surface area contributed by atoms with Gasteiger partial charge in [0.25, 0.3) is 0 Å². The third kappa shape index (κ3) is 3.99. The van der Waals surface area contributed by atoms with Crippen molar-refractivity contribution in [1.82, 2.24) is 10.3 Å². The summed E-state index contributed by atoms with van der Waals surface area (Å²) in [6.45, 7) is 2.92. The zero-order chi connectivity index (χ0) is 14.4. The summed E-state index contributed by atoms with van der Waals surface area (Å²) in [6, 6.07) is 12.2. The van der Waals surface area contributed by atoms with Crippen LogP contribution in [0.5, 0.6) is 11.6 Å². The Morgan fingerprint density at radius 1 is 1.20 bits per heavy atom. The second-order valence-corrected chi connectivity index (χ2v) is 5.35. The van der Waals surface area contributed by atoms with Gasteiger partial charge in [-0.15, -0.1) is 11.8 Å². The highest BCUT2D eigenvalue weighted by Gasteiger charge is 2.04. The molecule has 1 N–H and O–H groups in total. The summed E-state index contributed by atoms with van der Waals surface area (Å²) in [5, 5.41) is 3.16. The Balaban J connectivity index is 2.20. The third-order valence-electron chi connectivity index (χ3n) is 2.94. The van der Waals surface area contributed by atoms with Crippen LogP contribution in [0.2, 0.25) is 0 Å². The maximum atomic E-state index is 5.86. The first-order chi connectivity index (χ1) is 9.75. The number of aromatic nitrogens is 1. The van der Waals surface area contributed by atoms with Gasteiger partial charge < -0.3 is 10.1 Å². The van der Waals surface area contributed by atoms with Crippen molar-refractivity contribution >= 4 is 11.8 Å². The summed E-state index contributed by atoms with van der Waals surface area (Å²) in [4.78, 5) is 5.74. The van der Waals surface area contributed by atoms with E-state index in [2.05, 4.69) is 41.7 Å². The number of pyridine rings is 1. The van der Waals surface area contributed by atoms with Crippen LogP contribution < -0.4 is 10.1 Å². The summed E-state index contributed by atoms with van der Waals surface area (Å²) in [5.74, 6) is 1.48. The number of nitrogens with one attached hydrogen (secondary N) is 1. The summed E-state index contributed by atoms with van der Waals surface area (Å²) in [6.07, 6.45) is 2.96. The second-order valence-electron chi connectivity index (χ2n) is 4.47. The number of thioether (sulfide) groups is 1. The molecular formula is C16H20N2OS. The molecule has 0 amide bonds. The van der Waals surface area contributed by atoms with E-state index in [1.54, 1.807) is 11.8 Å². The fourth-order valence-corrected chi connectivity index (χ4v) is 2.33. The highest BCUT2D eigenvalue weighted by atomic mass is 32.2. The zero-order valence-corrected chi connectivity index (χ0v) is 13.0. The first-order valence-electron chi connectivity index (χ1n) is 6.71. The summed E-state index contributed by atoms with van der Waals surface area (Å²) in [5.41, 5.74) is 2.24. The van der Waals surface area contributed by atoms with Gasteiger partial charge in [0.15, 0.2) is 0 Å². The number of aryl methyl sites for hydroxylation is 1. The molecule has 20 heavy (non-hydrogen) atoms. The molecular weight excluding hydrogens is 268 g/mol. The van der Waals surface area contributed by atoms with Crippen molar-refractivity contribution in [2.75, 3.05) is 13.3 Å². The standard InChI is InChI=1S/C16H20N2OS/c1-4-13-9-12(11-17-2)10-16(18-13)19-14-5-7-15(20-3)8-6-14/h5-10,17H,4,11H2,1-3H3. The average Bonchev–Trinajstić information content (AvgIpc) is 2.48. The molecule has 0 bridgehead atoms. The molecule has 0 radical (unpaired) electrons. The Morgan fingerprint density at radius 2 is 1.95 bits per heavy atom. The minimum absolute atomic E-state index is 0.659. The normalized spacial score (nSPS) is 10.6. The van der Waals surface area contributed by atoms with Gasteiger partial charge >= 0.3 is 0 Å². The Kier molecular flexibility index (Phi) is 5.44. The van der Waals surface area contributed by atoms with Gasteiger partial charge in [0, 0.05) is 23.2 Å². The molecule has 3 nitrogen and oxygen atoms in total. The summed E-state index contributed by atoms with van der Waals surface area (Å²) < 4.78 is 5.86. The SMILES string of the molecule is CCc1cc(CNC)cc(Oc2ccc(SC)cc2)n1. The lowest BCUT2D eigenvalue weighted by Crippen LogP contribution is -2.06. The summed E-state index contributed by atoms with van der Waals surface area (Å²) >= 11 is 1.72. The zero-order valence-electron chi connectivity index (χ0n) is 12.1. The molecule has 0 aliphatic carbocycles. The number of ether oxygens (including phenoxy) is 1. The van der Waals surface area contributed by atoms with Crippen LogP contribution in [0, 0.1) is 0 Å². The number of hydrogen-bond acceptors (Lipinski definition) is 4. The predicted molar refractivity (Wildman–Crippen MR) is 84.7 cm³/mol. The lowest BCUT2D eigenvalue weighted by molar-refractivity contribution is 0.459. The van der Waals surface area contributed by atoms with E-state index in [-0.39, 0.29) is 0 Å². The van der Waals surface area contributed by atoms with Gasteiger partial charge in [0.05, 0.1) is 0 Å². The van der Waals surface area contributed by atoms with Gasteiger partial charge in [0.1, 0.15) is 5.75 Å². The molecule has 2 rings (SSSR count). The van der Waals surface area contributed by atoms with E-state index in [0.717, 1.165) is 24.4 Å². The molecule has 0 saturated heterocycles. The molecule has 1 heterocycles. The smallest absolute Gasteiger partial charge is 0.219 e. The Morgan fingerprint density at radius 3 is 2.55 bits per heavy atom. The van der Waals surface area contributed by atoms with Crippen molar-refractivity contribution < 1.29 is 4.74 Å². The van der Waals surface area contributed by atoms with Crippen LogP contribution in [0.25, 0.3) is 0 Å². The number of rotatable bonds is 6. The Labute approximate surface area is 124 Å². The van der Waals surface area contributed by atoms with Gasteiger partial charge in [0.2, 0.25) is 5.88 Å². The van der Waals surface area contributed by atoms with E-state index in [9.17, 15) is 0 Å². The maximum Gasteiger partial charge on any atom is 0.219 e. The van der Waals surface area contributed by atoms with Crippen molar-refractivity contribution in [3.05, 3.63) is 47.7 Å². The molecule has 0 atom stereocenters. The van der Waals surface area contributed by atoms with E-state index < -0.39 is 0 Å². The predicted octanol–water partition coefficient (Wildman–Crippen LogP) is 3.88. The molecule has 1 aromatic heterocycles. The first-order valence-corrected chi connectivity index (χ1v) is 7.94. The van der Waals surface area contributed by atoms with Crippen LogP contribution in [0.15, 0.2) is 41.3 Å². The average molecular weight is 288 g/mol. The van der Waals surface area contributed by atoms with Crippen LogP contribution in [0.4, 0.5) is 0 Å². The van der Waals surface area contributed by atoms with Gasteiger partial charge in [-0.05, 0) is 55.6 Å². The summed E-state index contributed by atoms with van der Waals surface area (Å²) in [7, 11) is 1.94. The molecule has 1 aromatic carbocycles. The van der Waals surface area contributed by atoms with Gasteiger partial charge in [-0.3, -0.25) is 0 Å². The van der Waals surface area contributed by atoms with Gasteiger partial charge in [-0.1, -0.05) is 6.92 Å². The van der Waals surface area contributed by atoms with Crippen molar-refractivity contribution in [3.8, 4) is 11.6 Å². The largest absolute Gasteiger partial charge is 0.439 e. The van der Waals surface area contributed by atoms with E-state index in [1.165, 1.54) is 10.5 Å². The Hall–Kier alpha value is -1.52. The molecule has 4 heteroatoms. The fourth-order valence-electron chi connectivity index (χ4n) is 1.92. The molecule has 0 aliphatic rings. The van der Waals surface area contributed by atoms with Crippen molar-refractivity contribution in [3.63, 3.8) is 0 Å². The van der Waals surface area contributed by atoms with E-state index in [1.807, 2.05) is 25.2 Å². The molecule has 0 spiro atoms. The maximum absolute atomic E-state index is 5.86. The topological polar surface area (TPSA) is 34.1 Å². The minimum Gasteiger partial charge on any atom is -0.439 e. The highest BCUT2D eigenvalue weighted by Crippen LogP contribution is 2.24. The monoisotopic (exact) mass is 288 g/mol. The van der Waals surface area contributed by atoms with Crippen LogP contribution in [-0.4, -0.2) is 18.3 Å². The van der Waals surface area contributed by atoms with E-state index >= 15 is 0 Å². The third-order valence-corrected chi connectivity index (χ3v) is 3.68. The van der Waals surface area contributed by atoms with Crippen molar-refractivity contribution in [2.45, 2.75) is 24.8 Å². The van der Waals surface area contributed by atoms with Crippen molar-refractivity contribution in [1.29, 1.82) is 0 Å². The molecule has 0 unspecified atom stereocenters. The molecule has 0 aliphatic heterocycles. The minimum atomic E-state index is 0.659. The number of nitrogens with zero attached hydrogens (tertiary/aromatic N) is 1. The molecule has 0 fully saturated rings. The fraction of sp³-hybridized carbons (Fsp3) is 0.312. The lowest BCUT2D eigenvalue weighted by atomic mass is 10.2. The van der Waals surface area contributed by atoms with E-state index in [0.29, 0.717) is 5.88 Å². The van der Waals surface area contributed by atoms with Gasteiger partial charge in [-0.2, -0.15) is 0 Å². The number of benzene rings is 1. The van der Waals surface area contributed by atoms with Crippen LogP contribution in [-0.2, 0) is 13.0 Å². The lowest BCUT2D eigenvalue weighted by Gasteiger charge is -2.09. The Bertz CT molecular complexity index is 555. The van der Waals surface area contributed by atoms with Gasteiger partial charge in [-0.25, -0.2) is 4.98 Å². The molecule has 2 aromatic rings. The first kappa shape index (κ1) is 14.9. The van der Waals surface area contributed by atoms with Crippen LogP contribution >= 0.6 is 11.8 Å². The second kappa shape index (κ2) is 7.31.